The summed E-state index contributed by atoms with van der Waals surface area (Å²) in [5, 5.41) is 38.8. The lowest BCUT2D eigenvalue weighted by atomic mass is 9.65. The molecule has 0 heterocycles. The number of aliphatic hydroxyl groups is 3. The fraction of sp³-hybridized carbons (Fsp3) is 0.760. The molecule has 0 bridgehead atoms. The fourth-order valence-corrected chi connectivity index (χ4v) is 4.77. The van der Waals surface area contributed by atoms with E-state index in [-0.39, 0.29) is 55.2 Å². The summed E-state index contributed by atoms with van der Waals surface area (Å²) in [5.74, 6) is -1.09. The number of carbonyl (C=O) groups excluding carboxylic acids is 1. The number of aliphatic hydroxyl groups excluding tert-OH is 3. The summed E-state index contributed by atoms with van der Waals surface area (Å²) in [5.41, 5.74) is 0.476. The van der Waals surface area contributed by atoms with Gasteiger partial charge < -0.3 is 25.2 Å². The van der Waals surface area contributed by atoms with Gasteiger partial charge in [0.25, 0.3) is 0 Å². The minimum Gasteiger partial charge on any atom is -0.481 e. The summed E-state index contributed by atoms with van der Waals surface area (Å²) in [4.78, 5) is 23.6. The summed E-state index contributed by atoms with van der Waals surface area (Å²) < 4.78 is 6.05. The first-order chi connectivity index (χ1) is 15.0. The SMILES string of the molecule is CCC(C)(C)C(=O)O[C@H]1CC(CO)C=C2C=C[C@H](C)[C@H](CC[C@H](O)C[C@@H](O)CC(=O)O)[C@H]21. The van der Waals surface area contributed by atoms with Crippen LogP contribution in [0.2, 0.25) is 0 Å². The van der Waals surface area contributed by atoms with Crippen LogP contribution in [0, 0.1) is 29.1 Å². The number of hydrogen-bond donors (Lipinski definition) is 4. The van der Waals surface area contributed by atoms with E-state index in [1.807, 2.05) is 20.8 Å². The van der Waals surface area contributed by atoms with Crippen LogP contribution in [0.4, 0.5) is 0 Å². The van der Waals surface area contributed by atoms with Gasteiger partial charge in [0.15, 0.2) is 0 Å². The van der Waals surface area contributed by atoms with Crippen LogP contribution in [-0.4, -0.2) is 57.3 Å². The second-order valence-electron chi connectivity index (χ2n) is 10.2. The Bertz CT molecular complexity index is 711. The Hall–Kier alpha value is -1.70. The zero-order valence-electron chi connectivity index (χ0n) is 19.7. The lowest BCUT2D eigenvalue weighted by Gasteiger charge is -2.44. The molecule has 7 atom stereocenters. The van der Waals surface area contributed by atoms with Crippen molar-refractivity contribution in [1.82, 2.24) is 0 Å². The molecule has 0 spiro atoms. The number of aliphatic carboxylic acids is 1. The normalized spacial score (nSPS) is 29.6. The minimum atomic E-state index is -1.09. The Morgan fingerprint density at radius 3 is 2.53 bits per heavy atom. The van der Waals surface area contributed by atoms with E-state index in [1.165, 1.54) is 0 Å². The molecule has 0 fully saturated rings. The van der Waals surface area contributed by atoms with Crippen LogP contribution in [0.1, 0.15) is 66.2 Å². The van der Waals surface area contributed by atoms with Crippen LogP contribution in [0.25, 0.3) is 0 Å². The molecule has 0 aromatic rings. The van der Waals surface area contributed by atoms with Crippen LogP contribution < -0.4 is 0 Å². The maximum atomic E-state index is 12.9. The Kier molecular flexibility index (Phi) is 9.49. The van der Waals surface area contributed by atoms with E-state index in [0.29, 0.717) is 25.7 Å². The van der Waals surface area contributed by atoms with Gasteiger partial charge in [0.1, 0.15) is 6.10 Å². The maximum Gasteiger partial charge on any atom is 0.311 e. The van der Waals surface area contributed by atoms with E-state index in [2.05, 4.69) is 25.2 Å². The third-order valence-electron chi connectivity index (χ3n) is 7.19. The number of ether oxygens (including phenoxy) is 1. The number of carboxylic acids is 1. The molecule has 1 unspecified atom stereocenters. The van der Waals surface area contributed by atoms with Crippen LogP contribution >= 0.6 is 0 Å². The third kappa shape index (κ3) is 6.90. The number of rotatable bonds is 11. The highest BCUT2D eigenvalue weighted by Crippen LogP contribution is 2.45. The highest BCUT2D eigenvalue weighted by molar-refractivity contribution is 5.76. The van der Waals surface area contributed by atoms with Crippen LogP contribution in [0.15, 0.2) is 23.8 Å². The van der Waals surface area contributed by atoms with Crippen LogP contribution in [0.3, 0.4) is 0 Å². The van der Waals surface area contributed by atoms with E-state index in [1.54, 1.807) is 0 Å². The topological polar surface area (TPSA) is 124 Å². The number of fused-ring (bicyclic) bond motifs is 1. The molecule has 32 heavy (non-hydrogen) atoms. The molecule has 0 amide bonds. The average molecular weight is 453 g/mol. The predicted octanol–water partition coefficient (Wildman–Crippen LogP) is 3.08. The maximum absolute atomic E-state index is 12.9. The van der Waals surface area contributed by atoms with Gasteiger partial charge in [0.05, 0.1) is 24.0 Å². The quantitative estimate of drug-likeness (QED) is 0.355. The van der Waals surface area contributed by atoms with Gasteiger partial charge in [-0.05, 0) is 63.4 Å². The standard InChI is InChI=1S/C25H40O7/c1-5-25(3,4)24(31)32-21-11-16(14-26)10-17-7-6-15(2)20(23(17)21)9-8-18(27)12-19(28)13-22(29)30/h6-7,10,15-16,18-21,23,26-28H,5,8-9,11-14H2,1-4H3,(H,29,30)/t15-,16?,18-,19+,20-,21-,23-/m0/s1. The highest BCUT2D eigenvalue weighted by Gasteiger charge is 2.43. The molecule has 0 aromatic carbocycles. The lowest BCUT2D eigenvalue weighted by Crippen LogP contribution is -2.43. The fourth-order valence-electron chi connectivity index (χ4n) is 4.77. The molecule has 0 aromatic heterocycles. The molecule has 182 valence electrons. The lowest BCUT2D eigenvalue weighted by molar-refractivity contribution is -0.165. The molecule has 7 nitrogen and oxygen atoms in total. The number of esters is 1. The van der Waals surface area contributed by atoms with Crippen molar-refractivity contribution in [3.05, 3.63) is 23.8 Å². The largest absolute Gasteiger partial charge is 0.481 e. The third-order valence-corrected chi connectivity index (χ3v) is 7.19. The van der Waals surface area contributed by atoms with E-state index in [0.717, 1.165) is 5.57 Å². The molecular formula is C25H40O7. The van der Waals surface area contributed by atoms with Gasteiger partial charge in [-0.1, -0.05) is 32.1 Å². The Balaban J connectivity index is 2.16. The molecule has 2 rings (SSSR count). The van der Waals surface area contributed by atoms with Crippen molar-refractivity contribution in [3.8, 4) is 0 Å². The number of carbonyl (C=O) groups is 2. The molecule has 7 heteroatoms. The van der Waals surface area contributed by atoms with Gasteiger partial charge >= 0.3 is 11.9 Å². The molecule has 0 radical (unpaired) electrons. The molecular weight excluding hydrogens is 412 g/mol. The van der Waals surface area contributed by atoms with Crippen molar-refractivity contribution < 1.29 is 34.8 Å². The van der Waals surface area contributed by atoms with Gasteiger partial charge in [-0.3, -0.25) is 9.59 Å². The highest BCUT2D eigenvalue weighted by atomic mass is 16.5. The zero-order chi connectivity index (χ0) is 24.1. The zero-order valence-corrected chi connectivity index (χ0v) is 19.7. The summed E-state index contributed by atoms with van der Waals surface area (Å²) in [6.07, 6.45) is 5.97. The predicted molar refractivity (Wildman–Crippen MR) is 121 cm³/mol. The molecule has 2 aliphatic rings. The van der Waals surface area contributed by atoms with E-state index < -0.39 is 23.6 Å². The van der Waals surface area contributed by atoms with Gasteiger partial charge in [0, 0.05) is 18.4 Å². The van der Waals surface area contributed by atoms with Gasteiger partial charge in [-0.2, -0.15) is 0 Å². The average Bonchev–Trinajstić information content (AvgIpc) is 2.72. The first-order valence-corrected chi connectivity index (χ1v) is 11.8. The van der Waals surface area contributed by atoms with E-state index in [9.17, 15) is 24.9 Å². The van der Waals surface area contributed by atoms with Crippen LogP contribution in [0.5, 0.6) is 0 Å². The molecule has 0 saturated carbocycles. The first-order valence-electron chi connectivity index (χ1n) is 11.8. The second kappa shape index (κ2) is 11.4. The number of carboxylic acid groups (broad SMARTS) is 1. The van der Waals surface area contributed by atoms with Gasteiger partial charge in [-0.25, -0.2) is 0 Å². The van der Waals surface area contributed by atoms with Crippen molar-refractivity contribution in [2.24, 2.45) is 29.1 Å². The summed E-state index contributed by atoms with van der Waals surface area (Å²) >= 11 is 0. The summed E-state index contributed by atoms with van der Waals surface area (Å²) in [6.45, 7) is 7.81. The first kappa shape index (κ1) is 26.6. The Morgan fingerprint density at radius 1 is 1.25 bits per heavy atom. The Labute approximate surface area is 191 Å². The molecule has 0 aliphatic heterocycles. The smallest absolute Gasteiger partial charge is 0.311 e. The van der Waals surface area contributed by atoms with E-state index >= 15 is 0 Å². The molecule has 2 aliphatic carbocycles. The Morgan fingerprint density at radius 2 is 1.94 bits per heavy atom. The molecule has 4 N–H and O–H groups in total. The van der Waals surface area contributed by atoms with Crippen molar-refractivity contribution >= 4 is 11.9 Å². The van der Waals surface area contributed by atoms with Gasteiger partial charge in [-0.15, -0.1) is 0 Å². The van der Waals surface area contributed by atoms with Crippen molar-refractivity contribution in [1.29, 1.82) is 0 Å². The second-order valence-corrected chi connectivity index (χ2v) is 10.2. The van der Waals surface area contributed by atoms with Crippen molar-refractivity contribution in [2.45, 2.75) is 84.5 Å². The van der Waals surface area contributed by atoms with E-state index in [4.69, 9.17) is 9.84 Å². The van der Waals surface area contributed by atoms with Crippen LogP contribution in [-0.2, 0) is 14.3 Å². The van der Waals surface area contributed by atoms with Crippen molar-refractivity contribution in [3.63, 3.8) is 0 Å². The van der Waals surface area contributed by atoms with Gasteiger partial charge in [0.2, 0.25) is 0 Å². The number of allylic oxidation sites excluding steroid dienone is 2. The minimum absolute atomic E-state index is 0.00428. The summed E-state index contributed by atoms with van der Waals surface area (Å²) in [6, 6.07) is 0. The molecule has 0 saturated heterocycles. The summed E-state index contributed by atoms with van der Waals surface area (Å²) in [7, 11) is 0. The van der Waals surface area contributed by atoms with Crippen molar-refractivity contribution in [2.75, 3.05) is 6.61 Å². The number of hydrogen-bond acceptors (Lipinski definition) is 6. The monoisotopic (exact) mass is 452 g/mol.